The standard InChI is InChI=1S/C11H18N4/c1-9-10(14-5-4-13-9)15-7-6-12-8-11(15,2)3/h4-5,12H,6-8H2,1-3H3. The fourth-order valence-electron chi connectivity index (χ4n) is 2.04. The maximum atomic E-state index is 4.43. The molecule has 4 heteroatoms. The van der Waals surface area contributed by atoms with E-state index in [9.17, 15) is 0 Å². The topological polar surface area (TPSA) is 41.1 Å². The van der Waals surface area contributed by atoms with Crippen molar-refractivity contribution in [1.82, 2.24) is 15.3 Å². The third-order valence-corrected chi connectivity index (χ3v) is 2.91. The molecule has 1 fully saturated rings. The van der Waals surface area contributed by atoms with E-state index in [1.54, 1.807) is 12.4 Å². The molecule has 0 amide bonds. The Hall–Kier alpha value is -1.16. The van der Waals surface area contributed by atoms with E-state index in [-0.39, 0.29) is 5.54 Å². The van der Waals surface area contributed by atoms with E-state index in [4.69, 9.17) is 0 Å². The van der Waals surface area contributed by atoms with Crippen molar-refractivity contribution in [2.45, 2.75) is 26.3 Å². The molecule has 1 aromatic rings. The van der Waals surface area contributed by atoms with Crippen LogP contribution in [0.1, 0.15) is 19.5 Å². The second-order valence-corrected chi connectivity index (χ2v) is 4.61. The van der Waals surface area contributed by atoms with Crippen molar-refractivity contribution in [3.63, 3.8) is 0 Å². The molecule has 0 aromatic carbocycles. The quantitative estimate of drug-likeness (QED) is 0.743. The molecule has 0 radical (unpaired) electrons. The van der Waals surface area contributed by atoms with Gasteiger partial charge in [-0.15, -0.1) is 0 Å². The van der Waals surface area contributed by atoms with Crippen LogP contribution in [0, 0.1) is 6.92 Å². The zero-order chi connectivity index (χ0) is 10.9. The minimum Gasteiger partial charge on any atom is -0.347 e. The van der Waals surface area contributed by atoms with Gasteiger partial charge in [0.05, 0.1) is 5.69 Å². The Labute approximate surface area is 90.7 Å². The summed E-state index contributed by atoms with van der Waals surface area (Å²) in [6, 6.07) is 0. The highest BCUT2D eigenvalue weighted by atomic mass is 15.3. The Balaban J connectivity index is 2.33. The van der Waals surface area contributed by atoms with Gasteiger partial charge >= 0.3 is 0 Å². The molecule has 0 bridgehead atoms. The molecule has 1 aliphatic heterocycles. The second kappa shape index (κ2) is 3.77. The Bertz CT molecular complexity index is 348. The van der Waals surface area contributed by atoms with E-state index in [0.29, 0.717) is 0 Å². The minimum absolute atomic E-state index is 0.110. The van der Waals surface area contributed by atoms with Crippen LogP contribution in [0.2, 0.25) is 0 Å². The molecule has 2 heterocycles. The number of piperazine rings is 1. The molecular weight excluding hydrogens is 188 g/mol. The van der Waals surface area contributed by atoms with Gasteiger partial charge in [-0.3, -0.25) is 4.98 Å². The molecule has 0 saturated carbocycles. The van der Waals surface area contributed by atoms with Crippen LogP contribution in [0.25, 0.3) is 0 Å². The predicted molar refractivity (Wildman–Crippen MR) is 61.1 cm³/mol. The number of aryl methyl sites for hydroxylation is 1. The number of hydrogen-bond acceptors (Lipinski definition) is 4. The Morgan fingerprint density at radius 2 is 2.07 bits per heavy atom. The highest BCUT2D eigenvalue weighted by Gasteiger charge is 2.31. The summed E-state index contributed by atoms with van der Waals surface area (Å²) >= 11 is 0. The summed E-state index contributed by atoms with van der Waals surface area (Å²) in [4.78, 5) is 11.1. The first-order chi connectivity index (χ1) is 7.11. The number of anilines is 1. The van der Waals surface area contributed by atoms with Crippen molar-refractivity contribution in [2.24, 2.45) is 0 Å². The summed E-state index contributed by atoms with van der Waals surface area (Å²) in [5.41, 5.74) is 1.12. The van der Waals surface area contributed by atoms with Crippen LogP contribution in [-0.2, 0) is 0 Å². The maximum Gasteiger partial charge on any atom is 0.150 e. The van der Waals surface area contributed by atoms with Crippen LogP contribution < -0.4 is 10.2 Å². The van der Waals surface area contributed by atoms with Crippen LogP contribution in [0.5, 0.6) is 0 Å². The minimum atomic E-state index is 0.110. The van der Waals surface area contributed by atoms with Crippen LogP contribution in [0.4, 0.5) is 5.82 Å². The van der Waals surface area contributed by atoms with E-state index < -0.39 is 0 Å². The third kappa shape index (κ3) is 1.95. The molecular formula is C11H18N4. The Kier molecular flexibility index (Phi) is 2.61. The van der Waals surface area contributed by atoms with E-state index >= 15 is 0 Å². The van der Waals surface area contributed by atoms with Crippen molar-refractivity contribution >= 4 is 5.82 Å². The van der Waals surface area contributed by atoms with Crippen molar-refractivity contribution in [1.29, 1.82) is 0 Å². The van der Waals surface area contributed by atoms with Gasteiger partial charge in [0.25, 0.3) is 0 Å². The van der Waals surface area contributed by atoms with Gasteiger partial charge in [-0.05, 0) is 20.8 Å². The van der Waals surface area contributed by atoms with Gasteiger partial charge in [0.2, 0.25) is 0 Å². The normalized spacial score (nSPS) is 20.3. The Morgan fingerprint density at radius 3 is 2.73 bits per heavy atom. The van der Waals surface area contributed by atoms with Crippen LogP contribution in [0.3, 0.4) is 0 Å². The number of nitrogens with one attached hydrogen (secondary N) is 1. The molecule has 2 rings (SSSR count). The number of aromatic nitrogens is 2. The molecule has 0 unspecified atom stereocenters. The zero-order valence-corrected chi connectivity index (χ0v) is 9.62. The Morgan fingerprint density at radius 1 is 1.33 bits per heavy atom. The fraction of sp³-hybridized carbons (Fsp3) is 0.636. The van der Waals surface area contributed by atoms with Crippen molar-refractivity contribution in [3.05, 3.63) is 18.1 Å². The number of rotatable bonds is 1. The molecule has 82 valence electrons. The summed E-state index contributed by atoms with van der Waals surface area (Å²) in [5, 5.41) is 3.40. The number of hydrogen-bond donors (Lipinski definition) is 1. The summed E-state index contributed by atoms with van der Waals surface area (Å²) in [5.74, 6) is 1.02. The van der Waals surface area contributed by atoms with Crippen LogP contribution in [-0.4, -0.2) is 35.1 Å². The van der Waals surface area contributed by atoms with Gasteiger partial charge < -0.3 is 10.2 Å². The van der Waals surface area contributed by atoms with Crippen LogP contribution >= 0.6 is 0 Å². The second-order valence-electron chi connectivity index (χ2n) is 4.61. The van der Waals surface area contributed by atoms with Crippen LogP contribution in [0.15, 0.2) is 12.4 Å². The largest absolute Gasteiger partial charge is 0.347 e. The van der Waals surface area contributed by atoms with Gasteiger partial charge in [0.15, 0.2) is 5.82 Å². The van der Waals surface area contributed by atoms with E-state index in [1.807, 2.05) is 6.92 Å². The smallest absolute Gasteiger partial charge is 0.150 e. The molecule has 1 saturated heterocycles. The van der Waals surface area contributed by atoms with Crippen molar-refractivity contribution in [3.8, 4) is 0 Å². The molecule has 1 aromatic heterocycles. The summed E-state index contributed by atoms with van der Waals surface area (Å²) in [6.07, 6.45) is 3.51. The monoisotopic (exact) mass is 206 g/mol. The first kappa shape index (κ1) is 10.4. The average molecular weight is 206 g/mol. The van der Waals surface area contributed by atoms with Gasteiger partial charge in [0, 0.05) is 37.6 Å². The average Bonchev–Trinajstić information content (AvgIpc) is 2.19. The predicted octanol–water partition coefficient (Wildman–Crippen LogP) is 0.973. The summed E-state index contributed by atoms with van der Waals surface area (Å²) in [7, 11) is 0. The van der Waals surface area contributed by atoms with Gasteiger partial charge in [-0.25, -0.2) is 4.98 Å². The van der Waals surface area contributed by atoms with Gasteiger partial charge in [-0.2, -0.15) is 0 Å². The zero-order valence-electron chi connectivity index (χ0n) is 9.62. The lowest BCUT2D eigenvalue weighted by Crippen LogP contribution is -2.58. The van der Waals surface area contributed by atoms with E-state index in [1.165, 1.54) is 0 Å². The summed E-state index contributed by atoms with van der Waals surface area (Å²) in [6.45, 7) is 9.47. The fourth-order valence-corrected chi connectivity index (χ4v) is 2.04. The highest BCUT2D eigenvalue weighted by Crippen LogP contribution is 2.24. The van der Waals surface area contributed by atoms with E-state index in [2.05, 4.69) is 34.0 Å². The lowest BCUT2D eigenvalue weighted by atomic mass is 10.00. The van der Waals surface area contributed by atoms with Crippen molar-refractivity contribution in [2.75, 3.05) is 24.5 Å². The highest BCUT2D eigenvalue weighted by molar-refractivity contribution is 5.46. The third-order valence-electron chi connectivity index (χ3n) is 2.91. The molecule has 1 aliphatic rings. The first-order valence-electron chi connectivity index (χ1n) is 5.37. The van der Waals surface area contributed by atoms with Gasteiger partial charge in [-0.1, -0.05) is 0 Å². The summed E-state index contributed by atoms with van der Waals surface area (Å²) < 4.78 is 0. The number of nitrogens with zero attached hydrogens (tertiary/aromatic N) is 3. The molecule has 0 spiro atoms. The lowest BCUT2D eigenvalue weighted by Gasteiger charge is -2.43. The maximum absolute atomic E-state index is 4.43. The molecule has 4 nitrogen and oxygen atoms in total. The molecule has 0 aliphatic carbocycles. The molecule has 0 atom stereocenters. The molecule has 1 N–H and O–H groups in total. The first-order valence-corrected chi connectivity index (χ1v) is 5.37. The van der Waals surface area contributed by atoms with Crippen molar-refractivity contribution < 1.29 is 0 Å². The molecule has 15 heavy (non-hydrogen) atoms. The van der Waals surface area contributed by atoms with Gasteiger partial charge in [0.1, 0.15) is 0 Å². The van der Waals surface area contributed by atoms with E-state index in [0.717, 1.165) is 31.1 Å². The SMILES string of the molecule is Cc1nccnc1N1CCNCC1(C)C. The lowest BCUT2D eigenvalue weighted by molar-refractivity contribution is 0.377.